The van der Waals surface area contributed by atoms with Gasteiger partial charge in [-0.25, -0.2) is 0 Å². The van der Waals surface area contributed by atoms with Gasteiger partial charge in [0.25, 0.3) is 5.91 Å². The van der Waals surface area contributed by atoms with Crippen LogP contribution >= 0.6 is 11.6 Å². The minimum Gasteiger partial charge on any atom is -0.348 e. The van der Waals surface area contributed by atoms with Gasteiger partial charge in [-0.15, -0.1) is 0 Å². The lowest BCUT2D eigenvalue weighted by atomic mass is 9.94. The monoisotopic (exact) mass is 423 g/mol. The number of benzene rings is 2. The number of aryl methyl sites for hydroxylation is 3. The molecule has 1 aliphatic heterocycles. The Bertz CT molecular complexity index is 978. The van der Waals surface area contributed by atoms with Gasteiger partial charge >= 0.3 is 0 Å². The molecule has 1 unspecified atom stereocenters. The van der Waals surface area contributed by atoms with Crippen LogP contribution in [0.1, 0.15) is 66.8 Å². The molecule has 2 aromatic carbocycles. The Kier molecular flexibility index (Phi) is 6.14. The average molecular weight is 424 g/mol. The molecule has 0 aromatic heterocycles. The first-order valence-electron chi connectivity index (χ1n) is 10.9. The van der Waals surface area contributed by atoms with Crippen LogP contribution in [-0.4, -0.2) is 17.7 Å². The van der Waals surface area contributed by atoms with Crippen LogP contribution in [0.3, 0.4) is 0 Å². The summed E-state index contributed by atoms with van der Waals surface area (Å²) in [5.74, 6) is -0.0224. The molecule has 0 radical (unpaired) electrons. The SMILES string of the molecule is Cc1ccc(N2N=C(C(=O)NC3CCCCC3)CC2c2ccc(Cl)cc2C)c(C)c1. The average Bonchev–Trinajstić information content (AvgIpc) is 3.14. The molecule has 30 heavy (non-hydrogen) atoms. The number of nitrogens with zero attached hydrogens (tertiary/aromatic N) is 2. The molecule has 158 valence electrons. The first kappa shape index (κ1) is 20.9. The summed E-state index contributed by atoms with van der Waals surface area (Å²) in [6.45, 7) is 6.26. The summed E-state index contributed by atoms with van der Waals surface area (Å²) >= 11 is 6.20. The van der Waals surface area contributed by atoms with Crippen molar-refractivity contribution in [1.29, 1.82) is 0 Å². The highest BCUT2D eigenvalue weighted by Crippen LogP contribution is 2.39. The Hall–Kier alpha value is -2.33. The number of rotatable bonds is 4. The summed E-state index contributed by atoms with van der Waals surface area (Å²) < 4.78 is 0. The summed E-state index contributed by atoms with van der Waals surface area (Å²) in [4.78, 5) is 13.1. The minimum absolute atomic E-state index is 0.0178. The molecule has 0 spiro atoms. The Morgan fingerprint density at radius 2 is 1.80 bits per heavy atom. The summed E-state index contributed by atoms with van der Waals surface area (Å²) in [5, 5.41) is 10.8. The maximum atomic E-state index is 13.1. The van der Waals surface area contributed by atoms with Gasteiger partial charge in [-0.3, -0.25) is 9.80 Å². The van der Waals surface area contributed by atoms with E-state index in [1.807, 2.05) is 17.1 Å². The summed E-state index contributed by atoms with van der Waals surface area (Å²) in [6, 6.07) is 12.6. The van der Waals surface area contributed by atoms with Crippen LogP contribution < -0.4 is 10.3 Å². The van der Waals surface area contributed by atoms with Gasteiger partial charge < -0.3 is 5.32 Å². The van der Waals surface area contributed by atoms with Crippen molar-refractivity contribution in [1.82, 2.24) is 5.32 Å². The number of amides is 1. The fraction of sp³-hybridized carbons (Fsp3) is 0.440. The second kappa shape index (κ2) is 8.81. The Morgan fingerprint density at radius 3 is 2.50 bits per heavy atom. The zero-order valence-electron chi connectivity index (χ0n) is 18.0. The molecule has 1 heterocycles. The van der Waals surface area contributed by atoms with Crippen molar-refractivity contribution in [2.24, 2.45) is 5.10 Å². The number of anilines is 1. The standard InChI is InChI=1S/C25H30ClN3O/c1-16-9-12-23(18(3)13-16)29-24(21-11-10-19(26)14-17(21)2)15-22(28-29)25(30)27-20-7-5-4-6-8-20/h9-14,20,24H,4-8,15H2,1-3H3,(H,27,30). The first-order chi connectivity index (χ1) is 14.4. The zero-order valence-corrected chi connectivity index (χ0v) is 18.8. The maximum absolute atomic E-state index is 13.1. The molecule has 2 aliphatic rings. The van der Waals surface area contributed by atoms with E-state index in [4.69, 9.17) is 16.7 Å². The Balaban J connectivity index is 1.66. The summed E-state index contributed by atoms with van der Waals surface area (Å²) in [7, 11) is 0. The van der Waals surface area contributed by atoms with Crippen molar-refractivity contribution in [2.45, 2.75) is 71.4 Å². The highest BCUT2D eigenvalue weighted by Gasteiger charge is 2.34. The van der Waals surface area contributed by atoms with Crippen molar-refractivity contribution in [3.8, 4) is 0 Å². The van der Waals surface area contributed by atoms with Gasteiger partial charge in [0.2, 0.25) is 0 Å². The molecule has 1 N–H and O–H groups in total. The van der Waals surface area contributed by atoms with E-state index < -0.39 is 0 Å². The van der Waals surface area contributed by atoms with Crippen LogP contribution in [0.2, 0.25) is 5.02 Å². The quantitative estimate of drug-likeness (QED) is 0.653. The second-order valence-electron chi connectivity index (χ2n) is 8.71. The van der Waals surface area contributed by atoms with Crippen LogP contribution in [0.15, 0.2) is 41.5 Å². The third-order valence-electron chi connectivity index (χ3n) is 6.30. The molecule has 1 amide bonds. The van der Waals surface area contributed by atoms with E-state index in [1.54, 1.807) is 0 Å². The molecule has 1 atom stereocenters. The molecule has 2 aromatic rings. The number of hydrogen-bond donors (Lipinski definition) is 1. The van der Waals surface area contributed by atoms with Crippen LogP contribution in [0.25, 0.3) is 0 Å². The van der Waals surface area contributed by atoms with E-state index in [0.29, 0.717) is 12.1 Å². The summed E-state index contributed by atoms with van der Waals surface area (Å²) in [5.41, 5.74) is 6.30. The predicted octanol–water partition coefficient (Wildman–Crippen LogP) is 6.02. The molecule has 0 saturated heterocycles. The third kappa shape index (κ3) is 4.39. The molecular weight excluding hydrogens is 394 g/mol. The number of carbonyl (C=O) groups is 1. The van der Waals surface area contributed by atoms with Gasteiger partial charge in [-0.2, -0.15) is 5.10 Å². The van der Waals surface area contributed by atoms with E-state index in [9.17, 15) is 4.79 Å². The number of halogens is 1. The van der Waals surface area contributed by atoms with E-state index in [1.165, 1.54) is 24.8 Å². The highest BCUT2D eigenvalue weighted by molar-refractivity contribution is 6.39. The van der Waals surface area contributed by atoms with Crippen molar-refractivity contribution in [2.75, 3.05) is 5.01 Å². The molecule has 1 saturated carbocycles. The Morgan fingerprint density at radius 1 is 1.03 bits per heavy atom. The van der Waals surface area contributed by atoms with Crippen molar-refractivity contribution in [3.63, 3.8) is 0 Å². The maximum Gasteiger partial charge on any atom is 0.267 e. The smallest absolute Gasteiger partial charge is 0.267 e. The largest absolute Gasteiger partial charge is 0.348 e. The molecule has 0 bridgehead atoms. The lowest BCUT2D eigenvalue weighted by Crippen LogP contribution is -2.39. The van der Waals surface area contributed by atoms with E-state index in [-0.39, 0.29) is 18.0 Å². The molecule has 4 nitrogen and oxygen atoms in total. The highest BCUT2D eigenvalue weighted by atomic mass is 35.5. The zero-order chi connectivity index (χ0) is 21.3. The lowest BCUT2D eigenvalue weighted by molar-refractivity contribution is -0.115. The fourth-order valence-corrected chi connectivity index (χ4v) is 4.93. The van der Waals surface area contributed by atoms with E-state index in [2.05, 4.69) is 50.4 Å². The molecule has 5 heteroatoms. The van der Waals surface area contributed by atoms with Gasteiger partial charge in [0.05, 0.1) is 11.7 Å². The van der Waals surface area contributed by atoms with Crippen molar-refractivity contribution >= 4 is 28.9 Å². The van der Waals surface area contributed by atoms with Gasteiger partial charge in [0.1, 0.15) is 5.71 Å². The van der Waals surface area contributed by atoms with Crippen molar-refractivity contribution < 1.29 is 4.79 Å². The van der Waals surface area contributed by atoms with Crippen LogP contribution in [0.4, 0.5) is 5.69 Å². The first-order valence-corrected chi connectivity index (χ1v) is 11.3. The summed E-state index contributed by atoms with van der Waals surface area (Å²) in [6.07, 6.45) is 6.39. The van der Waals surface area contributed by atoms with Crippen LogP contribution in [-0.2, 0) is 4.79 Å². The number of carbonyl (C=O) groups excluding carboxylic acids is 1. The van der Waals surface area contributed by atoms with Gasteiger partial charge in [-0.05, 0) is 68.5 Å². The molecule has 4 rings (SSSR count). The lowest BCUT2D eigenvalue weighted by Gasteiger charge is -2.27. The number of nitrogens with one attached hydrogen (secondary N) is 1. The topological polar surface area (TPSA) is 44.7 Å². The number of hydrogen-bond acceptors (Lipinski definition) is 3. The molecule has 1 fully saturated rings. The predicted molar refractivity (Wildman–Crippen MR) is 124 cm³/mol. The second-order valence-corrected chi connectivity index (χ2v) is 9.15. The van der Waals surface area contributed by atoms with E-state index in [0.717, 1.165) is 40.2 Å². The third-order valence-corrected chi connectivity index (χ3v) is 6.54. The molecule has 1 aliphatic carbocycles. The Labute approximate surface area is 184 Å². The van der Waals surface area contributed by atoms with E-state index >= 15 is 0 Å². The normalized spacial score (nSPS) is 19.7. The van der Waals surface area contributed by atoms with Crippen LogP contribution in [0, 0.1) is 20.8 Å². The minimum atomic E-state index is -0.0224. The van der Waals surface area contributed by atoms with Crippen LogP contribution in [0.5, 0.6) is 0 Å². The van der Waals surface area contributed by atoms with Gasteiger partial charge in [0.15, 0.2) is 0 Å². The fourth-order valence-electron chi connectivity index (χ4n) is 4.70. The van der Waals surface area contributed by atoms with Gasteiger partial charge in [-0.1, -0.05) is 54.6 Å². The number of hydrazone groups is 1. The van der Waals surface area contributed by atoms with Gasteiger partial charge in [0, 0.05) is 17.5 Å². The van der Waals surface area contributed by atoms with Crippen molar-refractivity contribution in [3.05, 3.63) is 63.7 Å². The molecular formula is C25H30ClN3O.